The highest BCUT2D eigenvalue weighted by Crippen LogP contribution is 2.14. The summed E-state index contributed by atoms with van der Waals surface area (Å²) >= 11 is 0. The van der Waals surface area contributed by atoms with Crippen LogP contribution in [0.5, 0.6) is 0 Å². The molecule has 84 valence electrons. The van der Waals surface area contributed by atoms with Gasteiger partial charge in [-0.2, -0.15) is 0 Å². The van der Waals surface area contributed by atoms with E-state index in [2.05, 4.69) is 31.4 Å². The molecule has 0 amide bonds. The van der Waals surface area contributed by atoms with Crippen LogP contribution < -0.4 is 10.6 Å². The van der Waals surface area contributed by atoms with Crippen molar-refractivity contribution in [3.63, 3.8) is 0 Å². The van der Waals surface area contributed by atoms with E-state index in [4.69, 9.17) is 0 Å². The molecular weight excluding hydrogens is 172 g/mol. The van der Waals surface area contributed by atoms with Gasteiger partial charge in [-0.05, 0) is 32.2 Å². The molecule has 2 N–H and O–H groups in total. The van der Waals surface area contributed by atoms with Crippen molar-refractivity contribution in [3.05, 3.63) is 0 Å². The molecule has 1 saturated heterocycles. The molecule has 0 bridgehead atoms. The van der Waals surface area contributed by atoms with E-state index in [1.165, 1.54) is 32.2 Å². The summed E-state index contributed by atoms with van der Waals surface area (Å²) in [6, 6.07) is 1.38. The summed E-state index contributed by atoms with van der Waals surface area (Å²) in [4.78, 5) is 0. The van der Waals surface area contributed by atoms with Crippen LogP contribution in [-0.2, 0) is 0 Å². The summed E-state index contributed by atoms with van der Waals surface area (Å²) in [5.41, 5.74) is 0. The molecule has 0 spiro atoms. The van der Waals surface area contributed by atoms with Crippen molar-refractivity contribution in [3.8, 4) is 0 Å². The van der Waals surface area contributed by atoms with Gasteiger partial charge in [0.1, 0.15) is 0 Å². The monoisotopic (exact) mass is 198 g/mol. The standard InChI is InChI=1S/C12H26N2/c1-4-11(5-2)10(3)14-12-7-6-8-13-9-12/h10-14H,4-9H2,1-3H3. The molecule has 2 unspecified atom stereocenters. The Morgan fingerprint density at radius 3 is 2.57 bits per heavy atom. The average Bonchev–Trinajstić information content (AvgIpc) is 2.21. The van der Waals surface area contributed by atoms with Crippen molar-refractivity contribution in [2.24, 2.45) is 5.92 Å². The zero-order valence-corrected chi connectivity index (χ0v) is 9.97. The van der Waals surface area contributed by atoms with Gasteiger partial charge in [0.2, 0.25) is 0 Å². The van der Waals surface area contributed by atoms with E-state index >= 15 is 0 Å². The van der Waals surface area contributed by atoms with Crippen molar-refractivity contribution in [1.82, 2.24) is 10.6 Å². The minimum absolute atomic E-state index is 0.676. The molecule has 14 heavy (non-hydrogen) atoms. The SMILES string of the molecule is CCC(CC)C(C)NC1CCCNC1. The second-order valence-corrected chi connectivity index (χ2v) is 4.58. The molecule has 1 fully saturated rings. The van der Waals surface area contributed by atoms with Crippen molar-refractivity contribution in [2.75, 3.05) is 13.1 Å². The molecule has 1 aliphatic rings. The van der Waals surface area contributed by atoms with Crippen LogP contribution in [0.15, 0.2) is 0 Å². The first-order valence-electron chi connectivity index (χ1n) is 6.24. The lowest BCUT2D eigenvalue weighted by Gasteiger charge is -2.30. The van der Waals surface area contributed by atoms with E-state index in [1.54, 1.807) is 0 Å². The maximum absolute atomic E-state index is 3.76. The minimum Gasteiger partial charge on any atom is -0.315 e. The highest BCUT2D eigenvalue weighted by molar-refractivity contribution is 4.80. The van der Waals surface area contributed by atoms with Gasteiger partial charge in [0, 0.05) is 18.6 Å². The number of hydrogen-bond acceptors (Lipinski definition) is 2. The zero-order valence-electron chi connectivity index (χ0n) is 9.97. The molecule has 0 aromatic rings. The Morgan fingerprint density at radius 1 is 1.36 bits per heavy atom. The lowest BCUT2D eigenvalue weighted by Crippen LogP contribution is -2.48. The first-order valence-corrected chi connectivity index (χ1v) is 6.24. The van der Waals surface area contributed by atoms with E-state index in [0.717, 1.165) is 12.5 Å². The van der Waals surface area contributed by atoms with Crippen LogP contribution >= 0.6 is 0 Å². The van der Waals surface area contributed by atoms with E-state index in [9.17, 15) is 0 Å². The van der Waals surface area contributed by atoms with Crippen LogP contribution in [-0.4, -0.2) is 25.2 Å². The number of nitrogens with one attached hydrogen (secondary N) is 2. The third-order valence-electron chi connectivity index (χ3n) is 3.55. The van der Waals surface area contributed by atoms with Crippen LogP contribution in [0.4, 0.5) is 0 Å². The second kappa shape index (κ2) is 6.41. The van der Waals surface area contributed by atoms with Gasteiger partial charge in [-0.3, -0.25) is 0 Å². The predicted octanol–water partition coefficient (Wildman–Crippen LogP) is 2.15. The van der Waals surface area contributed by atoms with Gasteiger partial charge in [0.25, 0.3) is 0 Å². The molecule has 0 aromatic carbocycles. The summed E-state index contributed by atoms with van der Waals surface area (Å²) in [5.74, 6) is 0.844. The van der Waals surface area contributed by atoms with Gasteiger partial charge in [-0.25, -0.2) is 0 Å². The zero-order chi connectivity index (χ0) is 10.4. The van der Waals surface area contributed by atoms with Gasteiger partial charge in [0.05, 0.1) is 0 Å². The Kier molecular flexibility index (Phi) is 5.49. The summed E-state index contributed by atoms with van der Waals surface area (Å²) in [5, 5.41) is 7.21. The maximum Gasteiger partial charge on any atom is 0.0195 e. The Bertz CT molecular complexity index is 137. The first-order chi connectivity index (χ1) is 6.77. The van der Waals surface area contributed by atoms with Crippen LogP contribution in [0, 0.1) is 5.92 Å². The van der Waals surface area contributed by atoms with Crippen molar-refractivity contribution >= 4 is 0 Å². The van der Waals surface area contributed by atoms with E-state index in [1.807, 2.05) is 0 Å². The lowest BCUT2D eigenvalue weighted by molar-refractivity contribution is 0.290. The molecule has 1 rings (SSSR count). The molecule has 2 nitrogen and oxygen atoms in total. The summed E-state index contributed by atoms with van der Waals surface area (Å²) in [7, 11) is 0. The van der Waals surface area contributed by atoms with Crippen LogP contribution in [0.1, 0.15) is 46.5 Å². The summed E-state index contributed by atoms with van der Waals surface area (Å²) in [6.45, 7) is 9.30. The average molecular weight is 198 g/mol. The van der Waals surface area contributed by atoms with E-state index < -0.39 is 0 Å². The Labute approximate surface area is 88.8 Å². The second-order valence-electron chi connectivity index (χ2n) is 4.58. The predicted molar refractivity (Wildman–Crippen MR) is 62.6 cm³/mol. The molecule has 2 heteroatoms. The molecule has 0 aromatic heterocycles. The highest BCUT2D eigenvalue weighted by Gasteiger charge is 2.19. The molecule has 2 atom stereocenters. The maximum atomic E-state index is 3.76. The summed E-state index contributed by atoms with van der Waals surface area (Å²) in [6.07, 6.45) is 5.26. The normalized spacial score (nSPS) is 25.3. The van der Waals surface area contributed by atoms with E-state index in [-0.39, 0.29) is 0 Å². The molecular formula is C12H26N2. The quantitative estimate of drug-likeness (QED) is 0.707. The molecule has 0 aliphatic carbocycles. The van der Waals surface area contributed by atoms with Crippen molar-refractivity contribution in [2.45, 2.75) is 58.5 Å². The Balaban J connectivity index is 2.26. The molecule has 0 saturated carbocycles. The van der Waals surface area contributed by atoms with Gasteiger partial charge in [-0.15, -0.1) is 0 Å². The third-order valence-corrected chi connectivity index (χ3v) is 3.55. The van der Waals surface area contributed by atoms with Crippen LogP contribution in [0.2, 0.25) is 0 Å². The molecule has 1 heterocycles. The number of rotatable bonds is 5. The smallest absolute Gasteiger partial charge is 0.0195 e. The summed E-state index contributed by atoms with van der Waals surface area (Å²) < 4.78 is 0. The molecule has 0 radical (unpaired) electrons. The van der Waals surface area contributed by atoms with E-state index in [0.29, 0.717) is 12.1 Å². The lowest BCUT2D eigenvalue weighted by atomic mass is 9.94. The fourth-order valence-electron chi connectivity index (χ4n) is 2.50. The minimum atomic E-state index is 0.676. The Morgan fingerprint density at radius 2 is 2.07 bits per heavy atom. The van der Waals surface area contributed by atoms with Crippen LogP contribution in [0.3, 0.4) is 0 Å². The topological polar surface area (TPSA) is 24.1 Å². The van der Waals surface area contributed by atoms with Gasteiger partial charge >= 0.3 is 0 Å². The van der Waals surface area contributed by atoms with Crippen LogP contribution in [0.25, 0.3) is 0 Å². The fraction of sp³-hybridized carbons (Fsp3) is 1.00. The van der Waals surface area contributed by atoms with Gasteiger partial charge in [0.15, 0.2) is 0 Å². The number of hydrogen-bond donors (Lipinski definition) is 2. The van der Waals surface area contributed by atoms with Gasteiger partial charge < -0.3 is 10.6 Å². The molecule has 1 aliphatic heterocycles. The third kappa shape index (κ3) is 3.58. The first kappa shape index (κ1) is 12.0. The Hall–Kier alpha value is -0.0800. The van der Waals surface area contributed by atoms with Gasteiger partial charge in [-0.1, -0.05) is 26.7 Å². The fourth-order valence-corrected chi connectivity index (χ4v) is 2.50. The largest absolute Gasteiger partial charge is 0.315 e. The van der Waals surface area contributed by atoms with Crippen molar-refractivity contribution < 1.29 is 0 Å². The highest BCUT2D eigenvalue weighted by atomic mass is 15.0. The van der Waals surface area contributed by atoms with Crippen molar-refractivity contribution in [1.29, 1.82) is 0 Å². The number of piperidine rings is 1.